The van der Waals surface area contributed by atoms with Gasteiger partial charge >= 0.3 is 0 Å². The molecule has 3 aromatic rings. The summed E-state index contributed by atoms with van der Waals surface area (Å²) in [6.45, 7) is 1.47. The Balaban J connectivity index is 1.28. The topological polar surface area (TPSA) is 80.0 Å². The minimum absolute atomic E-state index is 0.0994. The van der Waals surface area contributed by atoms with Crippen LogP contribution in [0.25, 0.3) is 11.4 Å². The van der Waals surface area contributed by atoms with Gasteiger partial charge < -0.3 is 15.2 Å². The van der Waals surface area contributed by atoms with Gasteiger partial charge in [-0.3, -0.25) is 4.79 Å². The number of fused-ring (bicyclic) bond motifs is 1. The SMILES string of the molecule is O=C(NCC1NCCc2ccccc21)c1cccc(-c2noc(C3CC3)n2)c1. The van der Waals surface area contributed by atoms with Crippen LogP contribution < -0.4 is 10.6 Å². The molecular formula is C22H22N4O2. The van der Waals surface area contributed by atoms with E-state index in [0.29, 0.717) is 29.7 Å². The Hall–Kier alpha value is -2.99. The van der Waals surface area contributed by atoms with E-state index in [9.17, 15) is 4.79 Å². The van der Waals surface area contributed by atoms with Crippen molar-refractivity contribution in [1.82, 2.24) is 20.8 Å². The van der Waals surface area contributed by atoms with Gasteiger partial charge in [-0.05, 0) is 49.1 Å². The van der Waals surface area contributed by atoms with Gasteiger partial charge in [-0.15, -0.1) is 0 Å². The first-order valence-corrected chi connectivity index (χ1v) is 9.81. The number of carbonyl (C=O) groups is 1. The third kappa shape index (κ3) is 3.43. The van der Waals surface area contributed by atoms with E-state index in [0.717, 1.165) is 31.4 Å². The van der Waals surface area contributed by atoms with E-state index in [-0.39, 0.29) is 11.9 Å². The molecule has 2 aliphatic rings. The number of nitrogens with zero attached hydrogens (tertiary/aromatic N) is 2. The van der Waals surface area contributed by atoms with Crippen LogP contribution in [0.4, 0.5) is 0 Å². The van der Waals surface area contributed by atoms with Gasteiger partial charge in [0.05, 0.1) is 0 Å². The first-order valence-electron chi connectivity index (χ1n) is 9.81. The highest BCUT2D eigenvalue weighted by molar-refractivity contribution is 5.95. The minimum atomic E-state index is -0.0994. The summed E-state index contributed by atoms with van der Waals surface area (Å²) < 4.78 is 5.33. The zero-order chi connectivity index (χ0) is 18.9. The van der Waals surface area contributed by atoms with Gasteiger partial charge in [-0.2, -0.15) is 4.98 Å². The number of hydrogen-bond acceptors (Lipinski definition) is 5. The number of nitrogens with one attached hydrogen (secondary N) is 2. The average molecular weight is 374 g/mol. The Morgan fingerprint density at radius 3 is 2.96 bits per heavy atom. The molecule has 0 radical (unpaired) electrons. The lowest BCUT2D eigenvalue weighted by atomic mass is 9.94. The summed E-state index contributed by atoms with van der Waals surface area (Å²) in [6.07, 6.45) is 3.25. The molecule has 2 N–H and O–H groups in total. The van der Waals surface area contributed by atoms with Crippen LogP contribution in [0.3, 0.4) is 0 Å². The third-order valence-electron chi connectivity index (χ3n) is 5.43. The van der Waals surface area contributed by atoms with Crippen LogP contribution in [-0.4, -0.2) is 29.1 Å². The number of benzene rings is 2. The van der Waals surface area contributed by atoms with Crippen molar-refractivity contribution in [3.63, 3.8) is 0 Å². The molecule has 1 fully saturated rings. The van der Waals surface area contributed by atoms with Crippen molar-refractivity contribution in [2.45, 2.75) is 31.2 Å². The number of hydrogen-bond donors (Lipinski definition) is 2. The van der Waals surface area contributed by atoms with Crippen LogP contribution in [-0.2, 0) is 6.42 Å². The van der Waals surface area contributed by atoms with E-state index in [2.05, 4.69) is 39.0 Å². The monoisotopic (exact) mass is 374 g/mol. The molecule has 1 aromatic heterocycles. The lowest BCUT2D eigenvalue weighted by molar-refractivity contribution is 0.0949. The molecule has 1 unspecified atom stereocenters. The molecule has 1 aliphatic carbocycles. The van der Waals surface area contributed by atoms with Crippen molar-refractivity contribution in [2.75, 3.05) is 13.1 Å². The zero-order valence-electron chi connectivity index (χ0n) is 15.5. The first kappa shape index (κ1) is 17.1. The van der Waals surface area contributed by atoms with Gasteiger partial charge in [-0.25, -0.2) is 0 Å². The molecule has 0 saturated heterocycles. The standard InChI is InChI=1S/C22H22N4O2/c27-21(24-13-19-18-7-2-1-4-14(18)10-11-23-19)17-6-3-5-16(12-17)20-25-22(28-26-20)15-8-9-15/h1-7,12,15,19,23H,8-11,13H2,(H,24,27). The maximum Gasteiger partial charge on any atom is 0.251 e. The quantitative estimate of drug-likeness (QED) is 0.717. The van der Waals surface area contributed by atoms with E-state index >= 15 is 0 Å². The lowest BCUT2D eigenvalue weighted by Crippen LogP contribution is -2.38. The molecule has 6 nitrogen and oxygen atoms in total. The Morgan fingerprint density at radius 1 is 1.18 bits per heavy atom. The fourth-order valence-corrected chi connectivity index (χ4v) is 3.72. The number of carbonyl (C=O) groups excluding carboxylic acids is 1. The second kappa shape index (κ2) is 7.20. The van der Waals surface area contributed by atoms with Crippen molar-refractivity contribution in [1.29, 1.82) is 0 Å². The van der Waals surface area contributed by atoms with E-state index in [4.69, 9.17) is 4.52 Å². The van der Waals surface area contributed by atoms with Gasteiger partial charge in [0.2, 0.25) is 11.7 Å². The highest BCUT2D eigenvalue weighted by atomic mass is 16.5. The van der Waals surface area contributed by atoms with E-state index in [1.165, 1.54) is 11.1 Å². The van der Waals surface area contributed by atoms with Gasteiger partial charge in [-0.1, -0.05) is 41.6 Å². The van der Waals surface area contributed by atoms with E-state index in [1.807, 2.05) is 30.3 Å². The third-order valence-corrected chi connectivity index (χ3v) is 5.43. The molecule has 1 atom stereocenters. The highest BCUT2D eigenvalue weighted by Gasteiger charge is 2.29. The van der Waals surface area contributed by atoms with Crippen LogP contribution in [0.1, 0.15) is 52.2 Å². The minimum Gasteiger partial charge on any atom is -0.350 e. The summed E-state index contributed by atoms with van der Waals surface area (Å²) in [7, 11) is 0. The molecule has 5 rings (SSSR count). The Labute approximate surface area is 163 Å². The molecule has 2 heterocycles. The largest absolute Gasteiger partial charge is 0.350 e. The van der Waals surface area contributed by atoms with Crippen LogP contribution in [0, 0.1) is 0 Å². The predicted molar refractivity (Wildman–Crippen MR) is 105 cm³/mol. The maximum absolute atomic E-state index is 12.7. The number of rotatable bonds is 5. The predicted octanol–water partition coefficient (Wildman–Crippen LogP) is 3.23. The molecular weight excluding hydrogens is 352 g/mol. The molecule has 6 heteroatoms. The summed E-state index contributed by atoms with van der Waals surface area (Å²) >= 11 is 0. The molecule has 1 saturated carbocycles. The van der Waals surface area contributed by atoms with E-state index < -0.39 is 0 Å². The van der Waals surface area contributed by atoms with Gasteiger partial charge in [0, 0.05) is 29.6 Å². The fourth-order valence-electron chi connectivity index (χ4n) is 3.72. The van der Waals surface area contributed by atoms with Crippen molar-refractivity contribution in [3.8, 4) is 11.4 Å². The second-order valence-electron chi connectivity index (χ2n) is 7.48. The summed E-state index contributed by atoms with van der Waals surface area (Å²) in [5.74, 6) is 1.56. The Bertz CT molecular complexity index is 1010. The Kier molecular flexibility index (Phi) is 4.41. The average Bonchev–Trinajstić information content (AvgIpc) is 3.48. The van der Waals surface area contributed by atoms with Crippen LogP contribution >= 0.6 is 0 Å². The molecule has 28 heavy (non-hydrogen) atoms. The van der Waals surface area contributed by atoms with Crippen molar-refractivity contribution in [2.24, 2.45) is 0 Å². The Morgan fingerprint density at radius 2 is 2.07 bits per heavy atom. The normalized spacial score (nSPS) is 18.5. The lowest BCUT2D eigenvalue weighted by Gasteiger charge is -2.27. The van der Waals surface area contributed by atoms with Crippen LogP contribution in [0.5, 0.6) is 0 Å². The van der Waals surface area contributed by atoms with Crippen LogP contribution in [0.2, 0.25) is 0 Å². The molecule has 0 spiro atoms. The van der Waals surface area contributed by atoms with Crippen molar-refractivity contribution < 1.29 is 9.32 Å². The summed E-state index contributed by atoms with van der Waals surface area (Å²) in [5.41, 5.74) is 4.01. The number of aromatic nitrogens is 2. The molecule has 2 aromatic carbocycles. The second-order valence-corrected chi connectivity index (χ2v) is 7.48. The maximum atomic E-state index is 12.7. The smallest absolute Gasteiger partial charge is 0.251 e. The van der Waals surface area contributed by atoms with Gasteiger partial charge in [0.15, 0.2) is 0 Å². The summed E-state index contributed by atoms with van der Waals surface area (Å²) in [6, 6.07) is 15.9. The van der Waals surface area contributed by atoms with E-state index in [1.54, 1.807) is 0 Å². The molecule has 1 aliphatic heterocycles. The molecule has 142 valence electrons. The number of amides is 1. The fraction of sp³-hybridized carbons (Fsp3) is 0.318. The highest BCUT2D eigenvalue weighted by Crippen LogP contribution is 2.39. The summed E-state index contributed by atoms with van der Waals surface area (Å²) in [4.78, 5) is 17.2. The van der Waals surface area contributed by atoms with Gasteiger partial charge in [0.1, 0.15) is 0 Å². The van der Waals surface area contributed by atoms with Crippen molar-refractivity contribution >= 4 is 5.91 Å². The van der Waals surface area contributed by atoms with Crippen molar-refractivity contribution in [3.05, 3.63) is 71.1 Å². The van der Waals surface area contributed by atoms with Gasteiger partial charge in [0.25, 0.3) is 5.91 Å². The molecule has 1 amide bonds. The zero-order valence-corrected chi connectivity index (χ0v) is 15.5. The first-order chi connectivity index (χ1) is 13.8. The molecule has 0 bridgehead atoms. The summed E-state index contributed by atoms with van der Waals surface area (Å²) in [5, 5.41) is 10.6. The van der Waals surface area contributed by atoms with Crippen LogP contribution in [0.15, 0.2) is 53.1 Å².